The van der Waals surface area contributed by atoms with Crippen molar-refractivity contribution in [3.63, 3.8) is 0 Å². The molecule has 0 spiro atoms. The Morgan fingerprint density at radius 3 is 2.72 bits per heavy atom. The summed E-state index contributed by atoms with van der Waals surface area (Å²) in [6, 6.07) is 7.69. The van der Waals surface area contributed by atoms with Crippen molar-refractivity contribution in [2.75, 3.05) is 13.1 Å². The van der Waals surface area contributed by atoms with E-state index in [4.69, 9.17) is 0 Å². The van der Waals surface area contributed by atoms with E-state index in [2.05, 4.69) is 4.98 Å². The van der Waals surface area contributed by atoms with E-state index in [-0.39, 0.29) is 17.4 Å². The maximum atomic E-state index is 13.7. The molecule has 3 nitrogen and oxygen atoms in total. The number of carbonyl (C=O) groups excluding carboxylic acids is 1. The van der Waals surface area contributed by atoms with Crippen LogP contribution < -0.4 is 0 Å². The number of pyridine rings is 1. The second-order valence-corrected chi connectivity index (χ2v) is 6.62. The predicted molar refractivity (Wildman–Crippen MR) is 91.9 cm³/mol. The van der Waals surface area contributed by atoms with Gasteiger partial charge in [0.25, 0.3) is 0 Å². The fourth-order valence-electron chi connectivity index (χ4n) is 3.44. The Morgan fingerprint density at radius 1 is 1.20 bits per heavy atom. The number of hydrogen-bond acceptors (Lipinski definition) is 2. The summed E-state index contributed by atoms with van der Waals surface area (Å²) in [6.07, 6.45) is 6.73. The largest absolute Gasteiger partial charge is 0.342 e. The molecule has 0 bridgehead atoms. The van der Waals surface area contributed by atoms with E-state index in [1.54, 1.807) is 12.4 Å². The first-order valence-corrected chi connectivity index (χ1v) is 8.73. The minimum absolute atomic E-state index is 0.0924. The van der Waals surface area contributed by atoms with E-state index in [9.17, 15) is 13.6 Å². The third-order valence-electron chi connectivity index (χ3n) is 4.81. The second-order valence-electron chi connectivity index (χ2n) is 6.62. The van der Waals surface area contributed by atoms with Gasteiger partial charge in [-0.15, -0.1) is 0 Å². The van der Waals surface area contributed by atoms with E-state index in [0.29, 0.717) is 25.8 Å². The number of nitrogens with zero attached hydrogens (tertiary/aromatic N) is 2. The minimum Gasteiger partial charge on any atom is -0.342 e. The lowest BCUT2D eigenvalue weighted by Crippen LogP contribution is -2.40. The molecule has 0 N–H and O–H groups in total. The normalized spacial score (nSPS) is 17.5. The summed E-state index contributed by atoms with van der Waals surface area (Å²) in [7, 11) is 0. The van der Waals surface area contributed by atoms with Crippen LogP contribution in [0.5, 0.6) is 0 Å². The zero-order chi connectivity index (χ0) is 17.6. The Kier molecular flexibility index (Phi) is 5.74. The number of carbonyl (C=O) groups is 1. The number of amides is 1. The van der Waals surface area contributed by atoms with Gasteiger partial charge in [-0.25, -0.2) is 8.78 Å². The zero-order valence-corrected chi connectivity index (χ0v) is 14.1. The van der Waals surface area contributed by atoms with Gasteiger partial charge in [-0.3, -0.25) is 9.78 Å². The van der Waals surface area contributed by atoms with Crippen molar-refractivity contribution in [1.82, 2.24) is 9.88 Å². The van der Waals surface area contributed by atoms with Crippen LogP contribution in [0.15, 0.2) is 42.7 Å². The molecule has 1 aromatic heterocycles. The van der Waals surface area contributed by atoms with Gasteiger partial charge in [-0.1, -0.05) is 12.1 Å². The summed E-state index contributed by atoms with van der Waals surface area (Å²) in [5.74, 6) is -0.596. The van der Waals surface area contributed by atoms with Gasteiger partial charge >= 0.3 is 0 Å². The molecule has 1 saturated heterocycles. The molecule has 1 aromatic carbocycles. The van der Waals surface area contributed by atoms with Crippen molar-refractivity contribution in [3.8, 4) is 0 Å². The summed E-state index contributed by atoms with van der Waals surface area (Å²) in [6.45, 7) is 1.42. The third-order valence-corrected chi connectivity index (χ3v) is 4.81. The Morgan fingerprint density at radius 2 is 2.00 bits per heavy atom. The third kappa shape index (κ3) is 4.62. The summed E-state index contributed by atoms with van der Waals surface area (Å²) in [5.41, 5.74) is 1.06. The van der Waals surface area contributed by atoms with Crippen LogP contribution in [0.1, 0.15) is 30.4 Å². The first-order valence-electron chi connectivity index (χ1n) is 8.73. The molecule has 2 heterocycles. The molecule has 2 aromatic rings. The van der Waals surface area contributed by atoms with E-state index >= 15 is 0 Å². The molecule has 132 valence electrons. The van der Waals surface area contributed by atoms with Gasteiger partial charge in [0, 0.05) is 31.0 Å². The lowest BCUT2D eigenvalue weighted by molar-refractivity contribution is -0.132. The number of rotatable bonds is 5. The molecule has 1 amide bonds. The second kappa shape index (κ2) is 8.19. The molecular weight excluding hydrogens is 322 g/mol. The Bertz CT molecular complexity index is 701. The van der Waals surface area contributed by atoms with Gasteiger partial charge in [-0.2, -0.15) is 0 Å². The van der Waals surface area contributed by atoms with Crippen LogP contribution in [0.3, 0.4) is 0 Å². The molecule has 0 radical (unpaired) electrons. The highest BCUT2D eigenvalue weighted by molar-refractivity contribution is 5.78. The highest BCUT2D eigenvalue weighted by Crippen LogP contribution is 2.24. The number of benzene rings is 1. The van der Waals surface area contributed by atoms with Crippen molar-refractivity contribution in [3.05, 3.63) is 65.5 Å². The highest BCUT2D eigenvalue weighted by Gasteiger charge is 2.24. The molecule has 1 aliphatic rings. The topological polar surface area (TPSA) is 33.2 Å². The summed E-state index contributed by atoms with van der Waals surface area (Å²) in [4.78, 5) is 18.4. The van der Waals surface area contributed by atoms with Gasteiger partial charge in [-0.05, 0) is 55.4 Å². The lowest BCUT2D eigenvalue weighted by Gasteiger charge is -2.33. The van der Waals surface area contributed by atoms with Gasteiger partial charge in [0.15, 0.2) is 0 Å². The predicted octanol–water partition coefficient (Wildman–Crippen LogP) is 3.77. The first kappa shape index (κ1) is 17.5. The number of halogens is 2. The molecule has 3 rings (SSSR count). The lowest BCUT2D eigenvalue weighted by atomic mass is 9.91. The first-order chi connectivity index (χ1) is 12.1. The molecular formula is C20H22F2N2O. The van der Waals surface area contributed by atoms with Gasteiger partial charge < -0.3 is 4.90 Å². The van der Waals surface area contributed by atoms with E-state index < -0.39 is 11.6 Å². The van der Waals surface area contributed by atoms with Crippen molar-refractivity contribution in [2.24, 2.45) is 5.92 Å². The van der Waals surface area contributed by atoms with E-state index in [0.717, 1.165) is 24.9 Å². The van der Waals surface area contributed by atoms with Crippen molar-refractivity contribution in [2.45, 2.75) is 32.1 Å². The summed E-state index contributed by atoms with van der Waals surface area (Å²) in [5, 5.41) is 0. The molecule has 25 heavy (non-hydrogen) atoms. The van der Waals surface area contributed by atoms with Gasteiger partial charge in [0.2, 0.25) is 5.91 Å². The molecule has 0 saturated carbocycles. The number of hydrogen-bond donors (Lipinski definition) is 0. The van der Waals surface area contributed by atoms with Gasteiger partial charge in [0.1, 0.15) is 11.6 Å². The Hall–Kier alpha value is -2.30. The summed E-state index contributed by atoms with van der Waals surface area (Å²) < 4.78 is 27.5. The molecule has 5 heteroatoms. The van der Waals surface area contributed by atoms with Crippen LogP contribution in [-0.2, 0) is 17.6 Å². The number of piperidine rings is 1. The maximum absolute atomic E-state index is 13.7. The summed E-state index contributed by atoms with van der Waals surface area (Å²) >= 11 is 0. The van der Waals surface area contributed by atoms with Crippen LogP contribution in [-0.4, -0.2) is 28.9 Å². The van der Waals surface area contributed by atoms with Crippen molar-refractivity contribution in [1.29, 1.82) is 0 Å². The van der Waals surface area contributed by atoms with Crippen LogP contribution >= 0.6 is 0 Å². The Labute approximate surface area is 146 Å². The van der Waals surface area contributed by atoms with Crippen LogP contribution in [0.4, 0.5) is 8.78 Å². The number of aromatic nitrogens is 1. The average molecular weight is 344 g/mol. The SMILES string of the molecule is O=C(Cc1cccnc1)N1CCC[C@H](CCc2c(F)cccc2F)C1. The average Bonchev–Trinajstić information content (AvgIpc) is 2.62. The molecule has 1 atom stereocenters. The van der Waals surface area contributed by atoms with Gasteiger partial charge in [0.05, 0.1) is 6.42 Å². The molecule has 1 aliphatic heterocycles. The van der Waals surface area contributed by atoms with Crippen LogP contribution in [0, 0.1) is 17.6 Å². The standard InChI is InChI=1S/C20H22F2N2O/c21-18-6-1-7-19(22)17(18)9-8-15-5-3-11-24(14-15)20(25)12-16-4-2-10-23-13-16/h1-2,4,6-7,10,13,15H,3,5,8-9,11-12,14H2/t15-/m1/s1. The van der Waals surface area contributed by atoms with E-state index in [1.165, 1.54) is 18.2 Å². The monoisotopic (exact) mass is 344 g/mol. The maximum Gasteiger partial charge on any atom is 0.227 e. The van der Waals surface area contributed by atoms with Crippen molar-refractivity contribution >= 4 is 5.91 Å². The van der Waals surface area contributed by atoms with Crippen LogP contribution in [0.2, 0.25) is 0 Å². The molecule has 0 aliphatic carbocycles. The highest BCUT2D eigenvalue weighted by atomic mass is 19.1. The van der Waals surface area contributed by atoms with Crippen LogP contribution in [0.25, 0.3) is 0 Å². The van der Waals surface area contributed by atoms with Crippen molar-refractivity contribution < 1.29 is 13.6 Å². The Balaban J connectivity index is 1.55. The van der Waals surface area contributed by atoms with E-state index in [1.807, 2.05) is 17.0 Å². The zero-order valence-electron chi connectivity index (χ0n) is 14.1. The molecule has 0 unspecified atom stereocenters. The molecule has 1 fully saturated rings. The smallest absolute Gasteiger partial charge is 0.227 e. The fourth-order valence-corrected chi connectivity index (χ4v) is 3.44. The number of likely N-dealkylation sites (tertiary alicyclic amines) is 1. The minimum atomic E-state index is -0.486. The quantitative estimate of drug-likeness (QED) is 0.827. The fraction of sp³-hybridized carbons (Fsp3) is 0.400.